The van der Waals surface area contributed by atoms with Crippen LogP contribution >= 0.6 is 27.3 Å². The van der Waals surface area contributed by atoms with Crippen LogP contribution in [0.3, 0.4) is 0 Å². The van der Waals surface area contributed by atoms with Crippen LogP contribution in [0.5, 0.6) is 0 Å². The van der Waals surface area contributed by atoms with E-state index < -0.39 is 0 Å². The Kier molecular flexibility index (Phi) is 5.66. The zero-order valence-corrected chi connectivity index (χ0v) is 14.6. The molecular formula is C15H22BrN3S. The summed E-state index contributed by atoms with van der Waals surface area (Å²) in [6.07, 6.45) is 7.43. The Morgan fingerprint density at radius 1 is 1.35 bits per heavy atom. The van der Waals surface area contributed by atoms with Crippen LogP contribution < -0.4 is 5.73 Å². The molecule has 1 aliphatic rings. The summed E-state index contributed by atoms with van der Waals surface area (Å²) in [6, 6.07) is 2.12. The van der Waals surface area contributed by atoms with Crippen molar-refractivity contribution >= 4 is 43.8 Å². The largest absolute Gasteiger partial charge is 0.403 e. The third-order valence-electron chi connectivity index (χ3n) is 3.44. The third kappa shape index (κ3) is 3.26. The van der Waals surface area contributed by atoms with Gasteiger partial charge < -0.3 is 10.6 Å². The number of thiophene rings is 1. The molecule has 5 heteroatoms. The normalized spacial score (nSPS) is 16.4. The predicted molar refractivity (Wildman–Crippen MR) is 92.4 cm³/mol. The molecule has 2 heterocycles. The van der Waals surface area contributed by atoms with E-state index in [2.05, 4.69) is 40.7 Å². The molecule has 1 aromatic rings. The number of halogens is 1. The van der Waals surface area contributed by atoms with Crippen molar-refractivity contribution in [3.05, 3.63) is 21.6 Å². The van der Waals surface area contributed by atoms with Crippen LogP contribution in [0.2, 0.25) is 0 Å². The second-order valence-corrected chi connectivity index (χ2v) is 7.37. The summed E-state index contributed by atoms with van der Waals surface area (Å²) in [4.78, 5) is 7.18. The monoisotopic (exact) mass is 355 g/mol. The van der Waals surface area contributed by atoms with E-state index in [0.29, 0.717) is 0 Å². The number of hydrogen-bond donors (Lipinski definition) is 1. The van der Waals surface area contributed by atoms with Gasteiger partial charge in [-0.25, -0.2) is 4.99 Å². The molecule has 20 heavy (non-hydrogen) atoms. The van der Waals surface area contributed by atoms with Gasteiger partial charge in [-0.15, -0.1) is 11.3 Å². The Bertz CT molecular complexity index is 519. The summed E-state index contributed by atoms with van der Waals surface area (Å²) in [5.74, 6) is 1.17. The minimum atomic E-state index is 0.995. The zero-order chi connectivity index (χ0) is 14.5. The first-order valence-corrected chi connectivity index (χ1v) is 8.88. The molecule has 0 atom stereocenters. The number of aliphatic imine (C=N–C) groups is 1. The topological polar surface area (TPSA) is 41.6 Å². The molecule has 2 N–H and O–H groups in total. The van der Waals surface area contributed by atoms with Gasteiger partial charge >= 0.3 is 0 Å². The summed E-state index contributed by atoms with van der Waals surface area (Å²) in [6.45, 7) is 5.42. The maximum absolute atomic E-state index is 5.91. The van der Waals surface area contributed by atoms with Crippen LogP contribution in [0.4, 0.5) is 5.00 Å². The van der Waals surface area contributed by atoms with E-state index >= 15 is 0 Å². The SMILES string of the molecule is CCCCC1=Nc2sc(Br)cc2C(=CN)N1CCCC. The summed E-state index contributed by atoms with van der Waals surface area (Å²) in [5, 5.41) is 1.08. The smallest absolute Gasteiger partial charge is 0.128 e. The van der Waals surface area contributed by atoms with Crippen LogP contribution in [-0.2, 0) is 0 Å². The predicted octanol–water partition coefficient (Wildman–Crippen LogP) is 5.10. The van der Waals surface area contributed by atoms with Gasteiger partial charge in [0.05, 0.1) is 9.48 Å². The fourth-order valence-corrected chi connectivity index (χ4v) is 3.83. The van der Waals surface area contributed by atoms with Crippen molar-refractivity contribution in [2.45, 2.75) is 46.0 Å². The maximum Gasteiger partial charge on any atom is 0.128 e. The summed E-state index contributed by atoms with van der Waals surface area (Å²) in [5.41, 5.74) is 8.17. The average Bonchev–Trinajstić information content (AvgIpc) is 2.81. The summed E-state index contributed by atoms with van der Waals surface area (Å²) >= 11 is 5.24. The van der Waals surface area contributed by atoms with E-state index in [-0.39, 0.29) is 0 Å². The molecule has 0 radical (unpaired) electrons. The first kappa shape index (κ1) is 15.6. The Morgan fingerprint density at radius 3 is 2.75 bits per heavy atom. The minimum Gasteiger partial charge on any atom is -0.403 e. The molecule has 0 fully saturated rings. The average molecular weight is 356 g/mol. The van der Waals surface area contributed by atoms with Crippen molar-refractivity contribution in [3.8, 4) is 0 Å². The molecule has 0 aliphatic carbocycles. The molecule has 0 aromatic carbocycles. The second-order valence-electron chi connectivity index (χ2n) is 4.96. The fourth-order valence-electron chi connectivity index (χ4n) is 2.35. The molecule has 0 amide bonds. The zero-order valence-electron chi connectivity index (χ0n) is 12.2. The molecule has 2 rings (SSSR count). The van der Waals surface area contributed by atoms with Crippen LogP contribution in [0, 0.1) is 0 Å². The van der Waals surface area contributed by atoms with Crippen molar-refractivity contribution in [1.82, 2.24) is 4.90 Å². The summed E-state index contributed by atoms with van der Waals surface area (Å²) in [7, 11) is 0. The molecule has 1 aromatic heterocycles. The molecule has 0 bridgehead atoms. The highest BCUT2D eigenvalue weighted by Gasteiger charge is 2.25. The van der Waals surface area contributed by atoms with E-state index in [1.165, 1.54) is 25.1 Å². The lowest BCUT2D eigenvalue weighted by molar-refractivity contribution is 0.528. The highest BCUT2D eigenvalue weighted by atomic mass is 79.9. The highest BCUT2D eigenvalue weighted by Crippen LogP contribution is 2.43. The lowest BCUT2D eigenvalue weighted by atomic mass is 10.1. The maximum atomic E-state index is 5.91. The number of rotatable bonds is 6. The lowest BCUT2D eigenvalue weighted by Crippen LogP contribution is -2.32. The van der Waals surface area contributed by atoms with Crippen molar-refractivity contribution in [2.24, 2.45) is 10.7 Å². The highest BCUT2D eigenvalue weighted by molar-refractivity contribution is 9.11. The third-order valence-corrected chi connectivity index (χ3v) is 4.97. The second kappa shape index (κ2) is 7.27. The van der Waals surface area contributed by atoms with Gasteiger partial charge in [-0.2, -0.15) is 0 Å². The van der Waals surface area contributed by atoms with Crippen molar-refractivity contribution < 1.29 is 0 Å². The van der Waals surface area contributed by atoms with Crippen LogP contribution in [-0.4, -0.2) is 17.3 Å². The molecule has 0 saturated heterocycles. The Balaban J connectivity index is 2.36. The van der Waals surface area contributed by atoms with Crippen molar-refractivity contribution in [2.75, 3.05) is 6.54 Å². The first-order chi connectivity index (χ1) is 9.71. The van der Waals surface area contributed by atoms with Gasteiger partial charge in [0.1, 0.15) is 10.8 Å². The molecule has 110 valence electrons. The van der Waals surface area contributed by atoms with Crippen molar-refractivity contribution in [1.29, 1.82) is 0 Å². The van der Waals surface area contributed by atoms with E-state index in [0.717, 1.165) is 39.4 Å². The molecule has 0 saturated carbocycles. The summed E-state index contributed by atoms with van der Waals surface area (Å²) < 4.78 is 1.11. The van der Waals surface area contributed by atoms with Crippen molar-refractivity contribution in [3.63, 3.8) is 0 Å². The minimum absolute atomic E-state index is 0.995. The fraction of sp³-hybridized carbons (Fsp3) is 0.533. The van der Waals surface area contributed by atoms with Gasteiger partial charge in [0.25, 0.3) is 0 Å². The van der Waals surface area contributed by atoms with Gasteiger partial charge in [-0.05, 0) is 34.8 Å². The number of fused-ring (bicyclic) bond motifs is 1. The van der Waals surface area contributed by atoms with Gasteiger partial charge in [-0.1, -0.05) is 26.7 Å². The van der Waals surface area contributed by atoms with Crippen LogP contribution in [0.15, 0.2) is 21.0 Å². The Morgan fingerprint density at radius 2 is 2.10 bits per heavy atom. The number of hydrogen-bond acceptors (Lipinski definition) is 4. The van der Waals surface area contributed by atoms with E-state index in [9.17, 15) is 0 Å². The first-order valence-electron chi connectivity index (χ1n) is 7.28. The van der Waals surface area contributed by atoms with E-state index in [1.54, 1.807) is 17.5 Å². The molecule has 0 spiro atoms. The van der Waals surface area contributed by atoms with Gasteiger partial charge in [0.2, 0.25) is 0 Å². The van der Waals surface area contributed by atoms with Crippen LogP contribution in [0.25, 0.3) is 5.70 Å². The Hall–Kier alpha value is -0.810. The van der Waals surface area contributed by atoms with Crippen LogP contribution in [0.1, 0.15) is 51.5 Å². The van der Waals surface area contributed by atoms with Gasteiger partial charge in [-0.3, -0.25) is 0 Å². The Labute approximate surface area is 133 Å². The number of nitrogens with zero attached hydrogens (tertiary/aromatic N) is 2. The van der Waals surface area contributed by atoms with Gasteiger partial charge in [0, 0.05) is 24.7 Å². The van der Waals surface area contributed by atoms with Gasteiger partial charge in [0.15, 0.2) is 0 Å². The lowest BCUT2D eigenvalue weighted by Gasteiger charge is -2.31. The molecule has 3 nitrogen and oxygen atoms in total. The standard InChI is InChI=1S/C15H22BrN3S/c1-3-5-7-14-18-15-11(9-13(16)20-15)12(10-17)19(14)8-6-4-2/h9-10H,3-8,17H2,1-2H3. The number of nitrogens with two attached hydrogens (primary N) is 1. The molecular weight excluding hydrogens is 334 g/mol. The quantitative estimate of drug-likeness (QED) is 0.770. The van der Waals surface area contributed by atoms with E-state index in [1.807, 2.05) is 0 Å². The van der Waals surface area contributed by atoms with E-state index in [4.69, 9.17) is 10.7 Å². The number of amidine groups is 1. The molecule has 0 unspecified atom stereocenters. The number of unbranched alkanes of at least 4 members (excludes halogenated alkanes) is 2. The molecule has 1 aliphatic heterocycles.